The molecule has 0 bridgehead atoms. The Hall–Kier alpha value is -0.890. The zero-order valence-electron chi connectivity index (χ0n) is 13.9. The van der Waals surface area contributed by atoms with Gasteiger partial charge in [0.1, 0.15) is 0 Å². The number of hydrogen-bond donors (Lipinski definition) is 1. The van der Waals surface area contributed by atoms with E-state index in [2.05, 4.69) is 26.5 Å². The largest absolute Gasteiger partial charge is 0.393 e. The normalized spacial score (nSPS) is 51.0. The van der Waals surface area contributed by atoms with Gasteiger partial charge in [-0.3, -0.25) is 4.79 Å². The average molecular weight is 300 g/mol. The fraction of sp³-hybridized carbons (Fsp3) is 0.750. The van der Waals surface area contributed by atoms with Crippen LogP contribution in [0.4, 0.5) is 0 Å². The summed E-state index contributed by atoms with van der Waals surface area (Å²) in [6.45, 7) is 8.67. The maximum Gasteiger partial charge on any atom is 0.164 e. The summed E-state index contributed by atoms with van der Waals surface area (Å²) in [6.07, 6.45) is 9.40. The fourth-order valence-corrected chi connectivity index (χ4v) is 6.38. The third kappa shape index (κ3) is 1.73. The lowest BCUT2D eigenvalue weighted by Crippen LogP contribution is -2.50. The number of fused-ring (bicyclic) bond motifs is 5. The molecular weight excluding hydrogens is 272 g/mol. The summed E-state index contributed by atoms with van der Waals surface area (Å²) < 4.78 is 0. The lowest BCUT2D eigenvalue weighted by atomic mass is 9.48. The molecule has 22 heavy (non-hydrogen) atoms. The Bertz CT molecular complexity index is 574. The molecule has 2 heteroatoms. The third-order valence-electron chi connectivity index (χ3n) is 7.77. The molecular formula is C20H28O2. The van der Waals surface area contributed by atoms with E-state index >= 15 is 0 Å². The molecule has 4 rings (SSSR count). The Balaban J connectivity index is 1.71. The molecule has 2 nitrogen and oxygen atoms in total. The van der Waals surface area contributed by atoms with Gasteiger partial charge in [-0.2, -0.15) is 0 Å². The van der Waals surface area contributed by atoms with E-state index in [9.17, 15) is 9.90 Å². The summed E-state index contributed by atoms with van der Waals surface area (Å²) in [5, 5.41) is 10.0. The molecule has 0 aromatic heterocycles. The first kappa shape index (κ1) is 14.7. The van der Waals surface area contributed by atoms with Crippen molar-refractivity contribution in [2.45, 2.75) is 64.9 Å². The van der Waals surface area contributed by atoms with Crippen molar-refractivity contribution in [1.29, 1.82) is 0 Å². The van der Waals surface area contributed by atoms with Crippen molar-refractivity contribution in [3.8, 4) is 0 Å². The van der Waals surface area contributed by atoms with Crippen molar-refractivity contribution in [2.75, 3.05) is 0 Å². The second-order valence-electron chi connectivity index (χ2n) is 8.75. The maximum atomic E-state index is 12.6. The molecule has 4 aliphatic rings. The number of allylic oxidation sites excluding steroid dienone is 2. The lowest BCUT2D eigenvalue weighted by Gasteiger charge is -2.56. The molecule has 3 saturated carbocycles. The van der Waals surface area contributed by atoms with Crippen LogP contribution < -0.4 is 0 Å². The van der Waals surface area contributed by atoms with Gasteiger partial charge in [-0.05, 0) is 73.7 Å². The van der Waals surface area contributed by atoms with E-state index in [1.807, 2.05) is 0 Å². The lowest BCUT2D eigenvalue weighted by molar-refractivity contribution is -0.130. The SMILES string of the molecule is C=C1CC2C3CC=C4C[C@@H](O)CC[C@]4(C)C3CC[C@]2(C)C1=O. The molecule has 6 atom stereocenters. The van der Waals surface area contributed by atoms with Gasteiger partial charge in [0, 0.05) is 5.41 Å². The first-order chi connectivity index (χ1) is 10.4. The van der Waals surface area contributed by atoms with E-state index in [-0.39, 0.29) is 16.9 Å². The molecule has 0 spiro atoms. The first-order valence-electron chi connectivity index (χ1n) is 8.96. The highest BCUT2D eigenvalue weighted by atomic mass is 16.3. The summed E-state index contributed by atoms with van der Waals surface area (Å²) >= 11 is 0. The van der Waals surface area contributed by atoms with Crippen LogP contribution in [0.25, 0.3) is 0 Å². The van der Waals surface area contributed by atoms with Crippen LogP contribution >= 0.6 is 0 Å². The minimum absolute atomic E-state index is 0.141. The predicted octanol–water partition coefficient (Wildman–Crippen LogP) is 4.05. The molecule has 120 valence electrons. The molecule has 0 aliphatic heterocycles. The molecule has 0 amide bonds. The number of ketones is 1. The summed E-state index contributed by atoms with van der Waals surface area (Å²) in [4.78, 5) is 12.6. The van der Waals surface area contributed by atoms with Gasteiger partial charge in [-0.15, -0.1) is 0 Å². The number of carbonyl (C=O) groups excluding carboxylic acids is 1. The van der Waals surface area contributed by atoms with E-state index in [0.717, 1.165) is 44.1 Å². The number of aliphatic hydroxyl groups excluding tert-OH is 1. The number of carbonyl (C=O) groups is 1. The molecule has 3 unspecified atom stereocenters. The van der Waals surface area contributed by atoms with Crippen LogP contribution in [-0.4, -0.2) is 17.0 Å². The van der Waals surface area contributed by atoms with Gasteiger partial charge in [-0.25, -0.2) is 0 Å². The minimum Gasteiger partial charge on any atom is -0.393 e. The van der Waals surface area contributed by atoms with Gasteiger partial charge >= 0.3 is 0 Å². The minimum atomic E-state index is -0.145. The van der Waals surface area contributed by atoms with E-state index in [4.69, 9.17) is 0 Å². The summed E-state index contributed by atoms with van der Waals surface area (Å²) in [5.41, 5.74) is 2.48. The topological polar surface area (TPSA) is 37.3 Å². The zero-order valence-corrected chi connectivity index (χ0v) is 13.9. The number of aliphatic hydroxyl groups is 1. The molecule has 3 fully saturated rings. The van der Waals surface area contributed by atoms with Crippen molar-refractivity contribution in [1.82, 2.24) is 0 Å². The fourth-order valence-electron chi connectivity index (χ4n) is 6.38. The Morgan fingerprint density at radius 1 is 1.14 bits per heavy atom. The summed E-state index contributed by atoms with van der Waals surface area (Å²) in [7, 11) is 0. The highest BCUT2D eigenvalue weighted by Gasteiger charge is 2.59. The molecule has 4 aliphatic carbocycles. The number of hydrogen-bond acceptors (Lipinski definition) is 2. The van der Waals surface area contributed by atoms with Gasteiger partial charge in [0.05, 0.1) is 6.10 Å². The van der Waals surface area contributed by atoms with Crippen molar-refractivity contribution >= 4 is 5.78 Å². The molecule has 0 aromatic rings. The number of rotatable bonds is 0. The van der Waals surface area contributed by atoms with E-state index < -0.39 is 0 Å². The monoisotopic (exact) mass is 300 g/mol. The zero-order chi connectivity index (χ0) is 15.7. The Morgan fingerprint density at radius 2 is 1.86 bits per heavy atom. The second-order valence-corrected chi connectivity index (χ2v) is 8.75. The quantitative estimate of drug-likeness (QED) is 0.541. The van der Waals surface area contributed by atoms with Crippen molar-refractivity contribution in [2.24, 2.45) is 28.6 Å². The van der Waals surface area contributed by atoms with Crippen LogP contribution in [-0.2, 0) is 4.79 Å². The highest BCUT2D eigenvalue weighted by Crippen LogP contribution is 2.64. The van der Waals surface area contributed by atoms with Gasteiger partial charge in [0.15, 0.2) is 5.78 Å². The van der Waals surface area contributed by atoms with Crippen LogP contribution in [0, 0.1) is 28.6 Å². The van der Waals surface area contributed by atoms with Gasteiger partial charge in [-0.1, -0.05) is 32.1 Å². The standard InChI is InChI=1S/C20H28O2/c1-12-10-17-15-5-4-13-11-14(21)6-8-19(13,2)16(15)7-9-20(17,3)18(12)22/h4,14-17,21H,1,5-11H2,2-3H3/t14-,15?,16?,17?,19-,20-/m0/s1. The smallest absolute Gasteiger partial charge is 0.164 e. The Morgan fingerprint density at radius 3 is 2.64 bits per heavy atom. The summed E-state index contributed by atoms with van der Waals surface area (Å²) in [5.74, 6) is 2.16. The highest BCUT2D eigenvalue weighted by molar-refractivity contribution is 6.02. The van der Waals surface area contributed by atoms with Crippen molar-refractivity contribution in [3.63, 3.8) is 0 Å². The van der Waals surface area contributed by atoms with E-state index in [1.165, 1.54) is 12.0 Å². The molecule has 1 N–H and O–H groups in total. The molecule has 0 saturated heterocycles. The van der Waals surface area contributed by atoms with Crippen LogP contribution in [0.2, 0.25) is 0 Å². The third-order valence-corrected chi connectivity index (χ3v) is 7.77. The van der Waals surface area contributed by atoms with Gasteiger partial charge in [0.2, 0.25) is 0 Å². The second kappa shape index (κ2) is 4.56. The Kier molecular flexibility index (Phi) is 3.05. The van der Waals surface area contributed by atoms with Gasteiger partial charge in [0.25, 0.3) is 0 Å². The van der Waals surface area contributed by atoms with E-state index in [1.54, 1.807) is 0 Å². The predicted molar refractivity (Wildman–Crippen MR) is 87.2 cm³/mol. The summed E-state index contributed by atoms with van der Waals surface area (Å²) in [6, 6.07) is 0. The van der Waals surface area contributed by atoms with Gasteiger partial charge < -0.3 is 5.11 Å². The first-order valence-corrected chi connectivity index (χ1v) is 8.96. The molecule has 0 aromatic carbocycles. The average Bonchev–Trinajstić information content (AvgIpc) is 2.72. The van der Waals surface area contributed by atoms with E-state index in [0.29, 0.717) is 23.5 Å². The van der Waals surface area contributed by atoms with Crippen molar-refractivity contribution < 1.29 is 9.90 Å². The maximum absolute atomic E-state index is 12.6. The molecule has 0 radical (unpaired) electrons. The number of Topliss-reactive ketones (excluding diaryl/α,β-unsaturated/α-hetero) is 1. The van der Waals surface area contributed by atoms with Crippen LogP contribution in [0.15, 0.2) is 23.8 Å². The van der Waals surface area contributed by atoms with Crippen LogP contribution in [0.5, 0.6) is 0 Å². The molecule has 0 heterocycles. The van der Waals surface area contributed by atoms with Crippen LogP contribution in [0.1, 0.15) is 58.8 Å². The van der Waals surface area contributed by atoms with Crippen LogP contribution in [0.3, 0.4) is 0 Å². The van der Waals surface area contributed by atoms with Crippen molar-refractivity contribution in [3.05, 3.63) is 23.8 Å². The Labute approximate surface area is 133 Å².